The third-order valence-corrected chi connectivity index (χ3v) is 7.70. The zero-order valence-electron chi connectivity index (χ0n) is 25.4. The molecule has 0 aliphatic heterocycles. The third kappa shape index (κ3) is 25.7. The number of carboxylic acids is 1. The Kier molecular flexibility index (Phi) is 33.1. The number of carboxylic acid groups (broad SMARTS) is 1. The SMILES string of the molecule is CCCCCCCCCCCCCCN(CCCCCCCCCCCCCC)C(CC)C(=O)[O-].[Li+]. The molecular formula is C32H64LiNO2. The van der Waals surface area contributed by atoms with Gasteiger partial charge in [0.05, 0.1) is 5.97 Å². The predicted octanol–water partition coefficient (Wildman–Crippen LogP) is 6.22. The molecule has 3 nitrogen and oxygen atoms in total. The van der Waals surface area contributed by atoms with Gasteiger partial charge in [0, 0.05) is 6.04 Å². The van der Waals surface area contributed by atoms with E-state index in [1.54, 1.807) is 0 Å². The Morgan fingerprint density at radius 1 is 0.500 bits per heavy atom. The van der Waals surface area contributed by atoms with Crippen LogP contribution in [0, 0.1) is 0 Å². The molecule has 0 bridgehead atoms. The molecule has 0 saturated carbocycles. The molecule has 0 fully saturated rings. The Balaban J connectivity index is 0. The van der Waals surface area contributed by atoms with Crippen molar-refractivity contribution in [2.75, 3.05) is 13.1 Å². The van der Waals surface area contributed by atoms with Gasteiger partial charge in [-0.2, -0.15) is 0 Å². The van der Waals surface area contributed by atoms with Crippen molar-refractivity contribution in [2.24, 2.45) is 0 Å². The summed E-state index contributed by atoms with van der Waals surface area (Å²) in [7, 11) is 0. The summed E-state index contributed by atoms with van der Waals surface area (Å²) >= 11 is 0. The summed E-state index contributed by atoms with van der Waals surface area (Å²) in [5.74, 6) is -0.884. The smallest absolute Gasteiger partial charge is 0.548 e. The van der Waals surface area contributed by atoms with Gasteiger partial charge in [-0.15, -0.1) is 0 Å². The van der Waals surface area contributed by atoms with Gasteiger partial charge in [0.1, 0.15) is 0 Å². The van der Waals surface area contributed by atoms with Gasteiger partial charge in [0.25, 0.3) is 0 Å². The van der Waals surface area contributed by atoms with Gasteiger partial charge in [0.2, 0.25) is 0 Å². The van der Waals surface area contributed by atoms with Crippen molar-refractivity contribution in [3.63, 3.8) is 0 Å². The van der Waals surface area contributed by atoms with E-state index in [-0.39, 0.29) is 18.9 Å². The normalized spacial score (nSPS) is 12.1. The fourth-order valence-corrected chi connectivity index (χ4v) is 5.31. The maximum absolute atomic E-state index is 11.7. The average molecular weight is 502 g/mol. The van der Waals surface area contributed by atoms with E-state index in [9.17, 15) is 9.90 Å². The zero-order chi connectivity index (χ0) is 25.8. The molecule has 210 valence electrons. The fraction of sp³-hybridized carbons (Fsp3) is 0.969. The summed E-state index contributed by atoms with van der Waals surface area (Å²) in [6.07, 6.45) is 32.9. The van der Waals surface area contributed by atoms with Crippen LogP contribution in [0.2, 0.25) is 0 Å². The Labute approximate surface area is 239 Å². The van der Waals surface area contributed by atoms with E-state index in [1.807, 2.05) is 6.92 Å². The summed E-state index contributed by atoms with van der Waals surface area (Å²) in [5.41, 5.74) is 0. The van der Waals surface area contributed by atoms with Crippen LogP contribution in [-0.4, -0.2) is 30.0 Å². The second-order valence-electron chi connectivity index (χ2n) is 11.1. The van der Waals surface area contributed by atoms with Gasteiger partial charge in [0.15, 0.2) is 0 Å². The molecule has 0 saturated heterocycles. The largest absolute Gasteiger partial charge is 1.00 e. The van der Waals surface area contributed by atoms with E-state index in [0.717, 1.165) is 25.9 Å². The van der Waals surface area contributed by atoms with Crippen LogP contribution >= 0.6 is 0 Å². The Morgan fingerprint density at radius 2 is 0.750 bits per heavy atom. The molecular weight excluding hydrogens is 437 g/mol. The van der Waals surface area contributed by atoms with Crippen molar-refractivity contribution >= 4 is 5.97 Å². The summed E-state index contributed by atoms with van der Waals surface area (Å²) in [4.78, 5) is 13.9. The van der Waals surface area contributed by atoms with Crippen molar-refractivity contribution in [1.82, 2.24) is 4.90 Å². The minimum Gasteiger partial charge on any atom is -0.548 e. The number of nitrogens with zero attached hydrogens (tertiary/aromatic N) is 1. The van der Waals surface area contributed by atoms with Crippen LogP contribution in [0.4, 0.5) is 0 Å². The molecule has 0 aliphatic carbocycles. The maximum atomic E-state index is 11.7. The number of unbranched alkanes of at least 4 members (excludes halogenated alkanes) is 22. The second kappa shape index (κ2) is 31.2. The minimum atomic E-state index is -0.884. The molecule has 0 amide bonds. The summed E-state index contributed by atoms with van der Waals surface area (Å²) < 4.78 is 0. The molecule has 1 atom stereocenters. The monoisotopic (exact) mass is 502 g/mol. The van der Waals surface area contributed by atoms with Gasteiger partial charge in [-0.05, 0) is 32.4 Å². The van der Waals surface area contributed by atoms with Crippen LogP contribution in [0.15, 0.2) is 0 Å². The molecule has 0 spiro atoms. The van der Waals surface area contributed by atoms with Crippen molar-refractivity contribution in [2.45, 2.75) is 187 Å². The standard InChI is InChI=1S/C32H65NO2.Li/c1-4-7-9-11-13-15-17-19-21-23-25-27-29-33(31(6-3)32(34)35)30-28-26-24-22-20-18-16-14-12-10-8-5-2;/h31H,4-30H2,1-3H3,(H,34,35);/q;+1/p-1. The first kappa shape index (κ1) is 38.2. The van der Waals surface area contributed by atoms with Gasteiger partial charge in [-0.1, -0.05) is 162 Å². The predicted molar refractivity (Wildman–Crippen MR) is 153 cm³/mol. The molecule has 36 heavy (non-hydrogen) atoms. The van der Waals surface area contributed by atoms with E-state index in [4.69, 9.17) is 0 Å². The molecule has 0 aliphatic rings. The second-order valence-corrected chi connectivity index (χ2v) is 11.1. The third-order valence-electron chi connectivity index (χ3n) is 7.70. The fourth-order valence-electron chi connectivity index (χ4n) is 5.31. The molecule has 0 aromatic heterocycles. The maximum Gasteiger partial charge on any atom is 1.00 e. The first-order valence-electron chi connectivity index (χ1n) is 16.1. The molecule has 0 aromatic rings. The van der Waals surface area contributed by atoms with Crippen molar-refractivity contribution in [3.05, 3.63) is 0 Å². The van der Waals surface area contributed by atoms with E-state index in [0.29, 0.717) is 6.42 Å². The Hall–Kier alpha value is 0.0274. The van der Waals surface area contributed by atoms with Crippen molar-refractivity contribution in [1.29, 1.82) is 0 Å². The molecule has 0 aromatic carbocycles. The van der Waals surface area contributed by atoms with E-state index in [1.165, 1.54) is 141 Å². The summed E-state index contributed by atoms with van der Waals surface area (Å²) in [5, 5.41) is 11.7. The van der Waals surface area contributed by atoms with Crippen LogP contribution in [0.1, 0.15) is 181 Å². The first-order valence-corrected chi connectivity index (χ1v) is 16.1. The van der Waals surface area contributed by atoms with Crippen molar-refractivity contribution in [3.8, 4) is 0 Å². The molecule has 1 unspecified atom stereocenters. The van der Waals surface area contributed by atoms with Crippen LogP contribution in [0.5, 0.6) is 0 Å². The van der Waals surface area contributed by atoms with E-state index >= 15 is 0 Å². The van der Waals surface area contributed by atoms with Gasteiger partial charge >= 0.3 is 18.9 Å². The zero-order valence-corrected chi connectivity index (χ0v) is 25.4. The molecule has 0 N–H and O–H groups in total. The average Bonchev–Trinajstić information content (AvgIpc) is 2.85. The minimum absolute atomic E-state index is 0. The van der Waals surface area contributed by atoms with Gasteiger partial charge in [-0.25, -0.2) is 0 Å². The quantitative estimate of drug-likeness (QED) is 0.0902. The molecule has 0 heterocycles. The number of hydrogen-bond donors (Lipinski definition) is 0. The number of rotatable bonds is 29. The topological polar surface area (TPSA) is 43.4 Å². The van der Waals surface area contributed by atoms with Crippen LogP contribution < -0.4 is 24.0 Å². The van der Waals surface area contributed by atoms with Crippen LogP contribution in [0.3, 0.4) is 0 Å². The Morgan fingerprint density at radius 3 is 0.972 bits per heavy atom. The Bertz CT molecular complexity index is 404. The number of hydrogen-bond acceptors (Lipinski definition) is 3. The summed E-state index contributed by atoms with van der Waals surface area (Å²) in [6.45, 7) is 8.38. The van der Waals surface area contributed by atoms with Gasteiger partial charge < -0.3 is 9.90 Å². The molecule has 4 heteroatoms. The van der Waals surface area contributed by atoms with Crippen molar-refractivity contribution < 1.29 is 28.8 Å². The number of carbonyl (C=O) groups excluding carboxylic acids is 1. The molecule has 0 radical (unpaired) electrons. The van der Waals surface area contributed by atoms with E-state index < -0.39 is 12.0 Å². The summed E-state index contributed by atoms with van der Waals surface area (Å²) in [6, 6.07) is -0.407. The number of carbonyl (C=O) groups is 1. The molecule has 0 rings (SSSR count). The first-order chi connectivity index (χ1) is 17.2. The number of aliphatic carboxylic acids is 1. The van der Waals surface area contributed by atoms with Gasteiger partial charge in [-0.3, -0.25) is 4.90 Å². The van der Waals surface area contributed by atoms with Crippen LogP contribution in [0.25, 0.3) is 0 Å². The van der Waals surface area contributed by atoms with E-state index in [2.05, 4.69) is 18.7 Å². The van der Waals surface area contributed by atoms with Crippen LogP contribution in [-0.2, 0) is 4.79 Å².